The van der Waals surface area contributed by atoms with E-state index in [1.54, 1.807) is 0 Å². The van der Waals surface area contributed by atoms with Crippen molar-refractivity contribution in [2.24, 2.45) is 0 Å². The number of carbonyl (C=O) groups excluding carboxylic acids is 4. The molecule has 0 aliphatic carbocycles. The van der Waals surface area contributed by atoms with Gasteiger partial charge in [-0.05, 0) is 226 Å². The van der Waals surface area contributed by atoms with Crippen LogP contribution in [0.2, 0.25) is 0 Å². The summed E-state index contributed by atoms with van der Waals surface area (Å²) in [5.74, 6) is 1.27. The lowest BCUT2D eigenvalue weighted by Crippen LogP contribution is -2.23. The summed E-state index contributed by atoms with van der Waals surface area (Å²) in [5, 5.41) is 34.5. The second kappa shape index (κ2) is 34.3. The molecule has 1 unspecified atom stereocenters. The zero-order valence-corrected chi connectivity index (χ0v) is 78.7. The van der Waals surface area contributed by atoms with Gasteiger partial charge in [0.05, 0.1) is 0 Å². The third kappa shape index (κ3) is 23.6. The lowest BCUT2D eigenvalue weighted by atomic mass is 9.74. The van der Waals surface area contributed by atoms with Crippen LogP contribution in [0.3, 0.4) is 0 Å². The largest absolute Gasteiger partial charge is 0.507 e. The average molecular weight is 1590 g/mol. The van der Waals surface area contributed by atoms with Gasteiger partial charge in [0.25, 0.3) is 0 Å². The molecule has 1 atom stereocenters. The number of hydrogen-bond donors (Lipinski definition) is 3. The van der Waals surface area contributed by atoms with Crippen molar-refractivity contribution in [3.63, 3.8) is 0 Å². The second-order valence-electron chi connectivity index (χ2n) is 45.1. The van der Waals surface area contributed by atoms with Crippen LogP contribution in [-0.2, 0) is 104 Å². The van der Waals surface area contributed by atoms with Crippen LogP contribution in [0, 0.1) is 20.8 Å². The maximum Gasteiger partial charge on any atom is 0.311 e. The fourth-order valence-electron chi connectivity index (χ4n) is 16.0. The number of aromatic hydroxyl groups is 3. The Morgan fingerprint density at radius 2 is 0.457 bits per heavy atom. The quantitative estimate of drug-likeness (QED) is 0.0463. The summed E-state index contributed by atoms with van der Waals surface area (Å²) >= 11 is 0. The molecule has 634 valence electrons. The van der Waals surface area contributed by atoms with Gasteiger partial charge in [-0.3, -0.25) is 19.2 Å². The molecule has 7 aromatic rings. The molecule has 0 heterocycles. The van der Waals surface area contributed by atoms with Crippen molar-refractivity contribution in [3.05, 3.63) is 202 Å². The van der Waals surface area contributed by atoms with E-state index < -0.39 is 27.1 Å². The van der Waals surface area contributed by atoms with Gasteiger partial charge in [0.1, 0.15) is 40.2 Å². The van der Waals surface area contributed by atoms with E-state index in [-0.39, 0.29) is 93.9 Å². The van der Waals surface area contributed by atoms with E-state index >= 15 is 0 Å². The van der Waals surface area contributed by atoms with E-state index in [1.807, 2.05) is 54.6 Å². The molecule has 0 fully saturated rings. The van der Waals surface area contributed by atoms with Gasteiger partial charge in [-0.25, -0.2) is 0 Å². The molecule has 0 radical (unpaired) electrons. The van der Waals surface area contributed by atoms with Crippen LogP contribution in [-0.4, -0.2) is 39.2 Å². The van der Waals surface area contributed by atoms with Crippen LogP contribution in [0.4, 0.5) is 0 Å². The van der Waals surface area contributed by atoms with Crippen molar-refractivity contribution < 1.29 is 53.4 Å². The van der Waals surface area contributed by atoms with Crippen LogP contribution in [0.5, 0.6) is 40.2 Å². The first-order valence-corrected chi connectivity index (χ1v) is 42.5. The van der Waals surface area contributed by atoms with E-state index in [4.69, 9.17) is 18.9 Å². The van der Waals surface area contributed by atoms with Crippen molar-refractivity contribution in [3.8, 4) is 40.2 Å². The number of rotatable bonds is 21. The second-order valence-corrected chi connectivity index (χ2v) is 45.1. The van der Waals surface area contributed by atoms with Crippen LogP contribution in [0.25, 0.3) is 0 Å². The van der Waals surface area contributed by atoms with E-state index in [2.05, 4.69) is 287 Å². The summed E-state index contributed by atoms with van der Waals surface area (Å²) in [4.78, 5) is 57.6. The number of phenolic OH excluding ortho intramolecular Hbond substituents is 3. The predicted molar refractivity (Wildman–Crippen MR) is 481 cm³/mol. The van der Waals surface area contributed by atoms with E-state index in [0.29, 0.717) is 72.4 Å². The Balaban J connectivity index is 1.26. The maximum absolute atomic E-state index is 14.6. The first-order valence-electron chi connectivity index (χ1n) is 42.5. The van der Waals surface area contributed by atoms with E-state index in [0.717, 1.165) is 117 Å². The molecule has 11 heteroatoms. The molecule has 0 spiro atoms. The van der Waals surface area contributed by atoms with Gasteiger partial charge in [0.2, 0.25) is 0 Å². The number of benzene rings is 7. The fourth-order valence-corrected chi connectivity index (χ4v) is 16.0. The Kier molecular flexibility index (Phi) is 28.1. The maximum atomic E-state index is 14.6. The Labute approximate surface area is 700 Å². The molecule has 7 rings (SSSR count). The SMILES string of the molecule is Cc1cc(OC(=O)CCc2cc(C(C)(C)C)c(OC(=O)CCc3cc(C(C)(C)C)c(O)c(C(C)(C)C)c3)c(C(C)(C)C)c2)c(C(C)(C)C)cc1C(C)CC(c1cc(C(C)(C)C)c(OC(=O)CCc2cc(C(C)(C)C)c(O)c(C(C)(C)C)c2)cc1C)c1cc(C(C)(C)C)c(OC(=O)CCc2cc(C(C)(C)C)c(O)c(C(C)(C)C)c2)cc1C. The molecular weight excluding hydrogens is 1440 g/mol. The third-order valence-electron chi connectivity index (χ3n) is 22.9. The zero-order valence-electron chi connectivity index (χ0n) is 78.7. The van der Waals surface area contributed by atoms with Gasteiger partial charge >= 0.3 is 23.9 Å². The van der Waals surface area contributed by atoms with Gasteiger partial charge < -0.3 is 34.3 Å². The van der Waals surface area contributed by atoms with Crippen molar-refractivity contribution in [2.75, 3.05) is 0 Å². The van der Waals surface area contributed by atoms with E-state index in [1.165, 1.54) is 0 Å². The number of aryl methyl sites for hydroxylation is 7. The molecule has 0 bridgehead atoms. The Bertz CT molecular complexity index is 4490. The molecular formula is C105H148O11. The molecule has 3 N–H and O–H groups in total. The monoisotopic (exact) mass is 1590 g/mol. The Hall–Kier alpha value is -8.18. The lowest BCUT2D eigenvalue weighted by molar-refractivity contribution is -0.135. The van der Waals surface area contributed by atoms with Crippen LogP contribution in [0.1, 0.15) is 396 Å². The van der Waals surface area contributed by atoms with Crippen LogP contribution < -0.4 is 18.9 Å². The predicted octanol–water partition coefficient (Wildman–Crippen LogP) is 26.5. The molecule has 0 saturated carbocycles. The highest BCUT2D eigenvalue weighted by molar-refractivity contribution is 5.77. The molecule has 0 aliphatic rings. The highest BCUT2D eigenvalue weighted by atomic mass is 16.5. The zero-order chi connectivity index (χ0) is 88.2. The van der Waals surface area contributed by atoms with Gasteiger partial charge in [0.15, 0.2) is 0 Å². The van der Waals surface area contributed by atoms with Gasteiger partial charge in [-0.15, -0.1) is 0 Å². The number of hydrogen-bond acceptors (Lipinski definition) is 11. The normalized spacial score (nSPS) is 13.5. The number of phenols is 3. The molecule has 0 aliphatic heterocycles. The summed E-state index contributed by atoms with van der Waals surface area (Å²) in [6.45, 7) is 78.3. The van der Waals surface area contributed by atoms with Gasteiger partial charge in [-0.2, -0.15) is 0 Å². The van der Waals surface area contributed by atoms with E-state index in [9.17, 15) is 34.5 Å². The summed E-state index contributed by atoms with van der Waals surface area (Å²) in [6, 6.07) is 29.2. The topological polar surface area (TPSA) is 166 Å². The number of esters is 4. The summed E-state index contributed by atoms with van der Waals surface area (Å²) < 4.78 is 26.1. The number of carbonyl (C=O) groups is 4. The Morgan fingerprint density at radius 3 is 0.672 bits per heavy atom. The highest BCUT2D eigenvalue weighted by Crippen LogP contribution is 2.50. The first kappa shape index (κ1) is 95.0. The minimum atomic E-state index is -0.482. The molecule has 0 aromatic heterocycles. The molecule has 0 amide bonds. The molecule has 7 aromatic carbocycles. The minimum Gasteiger partial charge on any atom is -0.507 e. The average Bonchev–Trinajstić information content (AvgIpc) is 0.704. The van der Waals surface area contributed by atoms with Crippen LogP contribution >= 0.6 is 0 Å². The van der Waals surface area contributed by atoms with Gasteiger partial charge in [-0.1, -0.05) is 302 Å². The first-order chi connectivity index (χ1) is 52.5. The summed E-state index contributed by atoms with van der Waals surface area (Å²) in [5.41, 5.74) is 15.3. The highest BCUT2D eigenvalue weighted by Gasteiger charge is 2.37. The number of ether oxygens (including phenoxy) is 4. The van der Waals surface area contributed by atoms with Crippen LogP contribution in [0.15, 0.2) is 84.9 Å². The molecule has 116 heavy (non-hydrogen) atoms. The van der Waals surface area contributed by atoms with Crippen molar-refractivity contribution in [2.45, 2.75) is 385 Å². The summed E-state index contributed by atoms with van der Waals surface area (Å²) in [6.07, 6.45) is 2.84. The fraction of sp³-hybridized carbons (Fsp3) is 0.562. The van der Waals surface area contributed by atoms with Gasteiger partial charge in [0, 0.05) is 59.4 Å². The lowest BCUT2D eigenvalue weighted by Gasteiger charge is -2.32. The van der Waals surface area contributed by atoms with Crippen molar-refractivity contribution >= 4 is 23.9 Å². The Morgan fingerprint density at radius 1 is 0.267 bits per heavy atom. The van der Waals surface area contributed by atoms with Crippen molar-refractivity contribution in [1.29, 1.82) is 0 Å². The summed E-state index contributed by atoms with van der Waals surface area (Å²) in [7, 11) is 0. The standard InChI is InChI=1S/C105H148O11/c1-61(69-58-73(95(5,6)7)84(47-62(69)2)113-89(108)44-40-68-56-82(104(32,33)34)94(83(57-68)105(35,36)37)116-90(109)45-41-67-54-80(102(26,27)28)93(112)81(55-67)103(29,30)31)46-72(70-59-74(96(8,9)10)85(48-63(70)3)114-87(106)42-38-65-50-76(98(14,15)16)91(110)77(51-65)99(17,18)19)71-60-75(97(11,12)13)86(49-64(71)4)115-88(107)43-39-66-52-78(100(20,21)22)92(111)79(53-66)101(23,24)25/h47-61,72,110-112H,38-46H2,1-37H3. The molecule has 0 saturated heterocycles. The molecule has 11 nitrogen and oxygen atoms in total. The van der Waals surface area contributed by atoms with Crippen molar-refractivity contribution in [1.82, 2.24) is 0 Å². The third-order valence-corrected chi connectivity index (χ3v) is 22.9. The minimum absolute atomic E-state index is 0.0790. The smallest absolute Gasteiger partial charge is 0.311 e.